The van der Waals surface area contributed by atoms with Gasteiger partial charge in [-0.25, -0.2) is 0 Å². The first-order valence-corrected chi connectivity index (χ1v) is 6.76. The van der Waals surface area contributed by atoms with Gasteiger partial charge in [-0.3, -0.25) is 0 Å². The van der Waals surface area contributed by atoms with E-state index in [9.17, 15) is 0 Å². The van der Waals surface area contributed by atoms with Crippen LogP contribution >= 0.6 is 11.6 Å². The molecule has 0 aromatic heterocycles. The Morgan fingerprint density at radius 2 is 1.94 bits per heavy atom. The van der Waals surface area contributed by atoms with Gasteiger partial charge in [-0.15, -0.1) is 0 Å². The Hall–Kier alpha value is -0.730. The van der Waals surface area contributed by atoms with Crippen LogP contribution in [0.4, 0.5) is 5.69 Å². The maximum absolute atomic E-state index is 6.40. The average molecular weight is 252 g/mol. The minimum atomic E-state index is -0.0793. The molecule has 3 heteroatoms. The molecular weight excluding hydrogens is 234 g/mol. The molecule has 0 saturated carbocycles. The third kappa shape index (κ3) is 2.16. The second-order valence-corrected chi connectivity index (χ2v) is 5.64. The zero-order valence-corrected chi connectivity index (χ0v) is 11.0. The SMILES string of the molecule is CC1(c2ccc(N3CCCCC3)c(Cl)c2)CO1. The van der Waals surface area contributed by atoms with E-state index in [4.69, 9.17) is 16.3 Å². The predicted octanol–water partition coefficient (Wildman–Crippen LogP) is 3.58. The van der Waals surface area contributed by atoms with E-state index in [0.29, 0.717) is 0 Å². The maximum Gasteiger partial charge on any atom is 0.114 e. The first-order chi connectivity index (χ1) is 8.19. The maximum atomic E-state index is 6.40. The van der Waals surface area contributed by atoms with Crippen molar-refractivity contribution in [3.8, 4) is 0 Å². The minimum Gasteiger partial charge on any atom is -0.370 e. The highest BCUT2D eigenvalue weighted by Gasteiger charge is 2.41. The van der Waals surface area contributed by atoms with Crippen molar-refractivity contribution >= 4 is 17.3 Å². The molecule has 0 bridgehead atoms. The number of anilines is 1. The van der Waals surface area contributed by atoms with E-state index in [1.54, 1.807) is 0 Å². The van der Waals surface area contributed by atoms with Gasteiger partial charge < -0.3 is 9.64 Å². The lowest BCUT2D eigenvalue weighted by Crippen LogP contribution is -2.29. The molecule has 0 spiro atoms. The van der Waals surface area contributed by atoms with Gasteiger partial charge in [-0.1, -0.05) is 17.7 Å². The molecule has 2 heterocycles. The summed E-state index contributed by atoms with van der Waals surface area (Å²) in [5, 5.41) is 0.862. The van der Waals surface area contributed by atoms with Crippen molar-refractivity contribution in [2.24, 2.45) is 0 Å². The summed E-state index contributed by atoms with van der Waals surface area (Å²) in [6.45, 7) is 5.19. The summed E-state index contributed by atoms with van der Waals surface area (Å²) < 4.78 is 5.45. The van der Waals surface area contributed by atoms with Gasteiger partial charge in [0.25, 0.3) is 0 Å². The van der Waals surface area contributed by atoms with E-state index in [1.807, 2.05) is 0 Å². The fourth-order valence-electron chi connectivity index (χ4n) is 2.50. The fraction of sp³-hybridized carbons (Fsp3) is 0.571. The number of epoxide rings is 1. The minimum absolute atomic E-state index is 0.0793. The summed E-state index contributed by atoms with van der Waals surface area (Å²) in [6, 6.07) is 6.37. The number of halogens is 1. The third-order valence-electron chi connectivity index (χ3n) is 3.83. The van der Waals surface area contributed by atoms with Gasteiger partial charge in [-0.05, 0) is 43.9 Å². The molecule has 92 valence electrons. The van der Waals surface area contributed by atoms with Gasteiger partial charge in [0.05, 0.1) is 17.3 Å². The summed E-state index contributed by atoms with van der Waals surface area (Å²) in [7, 11) is 0. The van der Waals surface area contributed by atoms with E-state index in [0.717, 1.165) is 24.7 Å². The number of hydrogen-bond acceptors (Lipinski definition) is 2. The summed E-state index contributed by atoms with van der Waals surface area (Å²) >= 11 is 6.40. The second kappa shape index (κ2) is 4.18. The average Bonchev–Trinajstić information content (AvgIpc) is 3.10. The van der Waals surface area contributed by atoms with Crippen LogP contribution in [0.3, 0.4) is 0 Å². The van der Waals surface area contributed by atoms with E-state index >= 15 is 0 Å². The zero-order valence-electron chi connectivity index (χ0n) is 10.2. The van der Waals surface area contributed by atoms with Crippen LogP contribution in [0.15, 0.2) is 18.2 Å². The molecule has 1 unspecified atom stereocenters. The second-order valence-electron chi connectivity index (χ2n) is 5.23. The highest BCUT2D eigenvalue weighted by atomic mass is 35.5. The largest absolute Gasteiger partial charge is 0.370 e. The van der Waals surface area contributed by atoms with Crippen LogP contribution in [0, 0.1) is 0 Å². The van der Waals surface area contributed by atoms with E-state index in [-0.39, 0.29) is 5.60 Å². The van der Waals surface area contributed by atoms with Gasteiger partial charge in [0, 0.05) is 13.1 Å². The Bertz CT molecular complexity index is 422. The molecule has 1 aromatic carbocycles. The Kier molecular flexibility index (Phi) is 2.80. The lowest BCUT2D eigenvalue weighted by atomic mass is 10.0. The topological polar surface area (TPSA) is 15.8 Å². The predicted molar refractivity (Wildman–Crippen MR) is 70.8 cm³/mol. The molecule has 2 saturated heterocycles. The summed E-state index contributed by atoms with van der Waals surface area (Å²) in [5.74, 6) is 0. The van der Waals surface area contributed by atoms with Crippen molar-refractivity contribution in [3.63, 3.8) is 0 Å². The molecule has 2 fully saturated rings. The Morgan fingerprint density at radius 1 is 1.24 bits per heavy atom. The van der Waals surface area contributed by atoms with Gasteiger partial charge in [0.15, 0.2) is 0 Å². The Labute approximate surface area is 108 Å². The van der Waals surface area contributed by atoms with Crippen molar-refractivity contribution in [3.05, 3.63) is 28.8 Å². The smallest absolute Gasteiger partial charge is 0.114 e. The molecule has 2 aliphatic rings. The fourth-order valence-corrected chi connectivity index (χ4v) is 2.80. The number of ether oxygens (including phenoxy) is 1. The van der Waals surface area contributed by atoms with Crippen LogP contribution in [0.5, 0.6) is 0 Å². The summed E-state index contributed by atoms with van der Waals surface area (Å²) in [5.41, 5.74) is 2.30. The molecule has 1 atom stereocenters. The standard InChI is InChI=1S/C14H18ClNO/c1-14(10-17-14)11-5-6-13(12(15)9-11)16-7-3-2-4-8-16/h5-6,9H,2-4,7-8,10H2,1H3. The Balaban J connectivity index is 1.85. The highest BCUT2D eigenvalue weighted by molar-refractivity contribution is 6.33. The quantitative estimate of drug-likeness (QED) is 0.747. The van der Waals surface area contributed by atoms with Crippen LogP contribution in [-0.4, -0.2) is 19.7 Å². The van der Waals surface area contributed by atoms with E-state index in [1.165, 1.54) is 30.5 Å². The Morgan fingerprint density at radius 3 is 2.53 bits per heavy atom. The highest BCUT2D eigenvalue weighted by Crippen LogP contribution is 2.40. The monoisotopic (exact) mass is 251 g/mol. The van der Waals surface area contributed by atoms with Gasteiger partial charge in [-0.2, -0.15) is 0 Å². The molecule has 17 heavy (non-hydrogen) atoms. The van der Waals surface area contributed by atoms with Crippen LogP contribution in [0.2, 0.25) is 5.02 Å². The molecule has 0 amide bonds. The van der Waals surface area contributed by atoms with Gasteiger partial charge in [0.1, 0.15) is 5.60 Å². The molecule has 1 aromatic rings. The molecule has 2 nitrogen and oxygen atoms in total. The first-order valence-electron chi connectivity index (χ1n) is 6.38. The molecular formula is C14H18ClNO. The van der Waals surface area contributed by atoms with Crippen LogP contribution in [0.25, 0.3) is 0 Å². The van der Waals surface area contributed by atoms with E-state index in [2.05, 4.69) is 30.0 Å². The molecule has 2 aliphatic heterocycles. The molecule has 0 N–H and O–H groups in total. The van der Waals surface area contributed by atoms with Crippen molar-refractivity contribution in [2.45, 2.75) is 31.8 Å². The number of rotatable bonds is 2. The normalized spacial score (nSPS) is 28.2. The lowest BCUT2D eigenvalue weighted by molar-refractivity contribution is 0.329. The van der Waals surface area contributed by atoms with Gasteiger partial charge in [0.2, 0.25) is 0 Å². The summed E-state index contributed by atoms with van der Waals surface area (Å²) in [6.07, 6.45) is 3.90. The third-order valence-corrected chi connectivity index (χ3v) is 4.14. The van der Waals surface area contributed by atoms with Crippen molar-refractivity contribution < 1.29 is 4.74 Å². The first kappa shape index (κ1) is 11.4. The number of benzene rings is 1. The summed E-state index contributed by atoms with van der Waals surface area (Å²) in [4.78, 5) is 2.39. The number of hydrogen-bond donors (Lipinski definition) is 0. The zero-order chi connectivity index (χ0) is 11.9. The van der Waals surface area contributed by atoms with E-state index < -0.39 is 0 Å². The van der Waals surface area contributed by atoms with Crippen molar-refractivity contribution in [2.75, 3.05) is 24.6 Å². The van der Waals surface area contributed by atoms with Crippen molar-refractivity contribution in [1.29, 1.82) is 0 Å². The lowest BCUT2D eigenvalue weighted by Gasteiger charge is -2.29. The number of nitrogens with zero attached hydrogens (tertiary/aromatic N) is 1. The van der Waals surface area contributed by atoms with Crippen LogP contribution in [0.1, 0.15) is 31.7 Å². The molecule has 0 radical (unpaired) electrons. The van der Waals surface area contributed by atoms with Crippen LogP contribution in [-0.2, 0) is 10.3 Å². The van der Waals surface area contributed by atoms with Crippen LogP contribution < -0.4 is 4.90 Å². The molecule has 3 rings (SSSR count). The van der Waals surface area contributed by atoms with Crippen molar-refractivity contribution in [1.82, 2.24) is 0 Å². The molecule has 0 aliphatic carbocycles. The number of piperidine rings is 1. The van der Waals surface area contributed by atoms with Gasteiger partial charge >= 0.3 is 0 Å².